The summed E-state index contributed by atoms with van der Waals surface area (Å²) in [7, 11) is 4.09. The molecule has 0 N–H and O–H groups in total. The number of likely N-dealkylation sites (N-methyl/N-ethyl adjacent to an activating group) is 1. The van der Waals surface area contributed by atoms with Crippen LogP contribution in [0.25, 0.3) is 0 Å². The van der Waals surface area contributed by atoms with Crippen LogP contribution >= 0.6 is 12.4 Å². The fraction of sp³-hybridized carbons (Fsp3) is 0.600. The Balaban J connectivity index is 0.000000490. The lowest BCUT2D eigenvalue weighted by molar-refractivity contribution is 0.117. The molecule has 0 spiro atoms. The molecule has 0 bridgehead atoms. The molecule has 3 heteroatoms. The second-order valence-electron chi connectivity index (χ2n) is 1.80. The highest BCUT2D eigenvalue weighted by atomic mass is 35.5. The van der Waals surface area contributed by atoms with Crippen LogP contribution in [-0.4, -0.2) is 30.7 Å². The van der Waals surface area contributed by atoms with Crippen molar-refractivity contribution in [3.8, 4) is 0 Å². The first-order valence-electron chi connectivity index (χ1n) is 2.41. The average molecular weight is 135 g/mol. The normalized spacial score (nSPS) is 19.0. The summed E-state index contributed by atoms with van der Waals surface area (Å²) in [5.41, 5.74) is 0. The summed E-state index contributed by atoms with van der Waals surface area (Å²) >= 11 is 0. The van der Waals surface area contributed by atoms with Gasteiger partial charge in [0.2, 0.25) is 0 Å². The third-order valence-electron chi connectivity index (χ3n) is 1.23. The van der Waals surface area contributed by atoms with Crippen LogP contribution in [0.15, 0.2) is 12.3 Å². The van der Waals surface area contributed by atoms with Crippen LogP contribution in [0.4, 0.5) is 0 Å². The van der Waals surface area contributed by atoms with E-state index in [0.29, 0.717) is 0 Å². The highest BCUT2D eigenvalue weighted by Crippen LogP contribution is 1.98. The lowest BCUT2D eigenvalue weighted by atomic mass is 10.6. The maximum absolute atomic E-state index is 2.12. The first-order valence-corrected chi connectivity index (χ1v) is 2.41. The molecule has 0 atom stereocenters. The van der Waals surface area contributed by atoms with Crippen molar-refractivity contribution < 1.29 is 0 Å². The maximum Gasteiger partial charge on any atom is 0.0375 e. The molecular weight excluding hydrogens is 124 g/mol. The monoisotopic (exact) mass is 134 g/mol. The van der Waals surface area contributed by atoms with Gasteiger partial charge in [-0.25, -0.2) is 5.01 Å². The molecule has 0 saturated heterocycles. The molecule has 0 radical (unpaired) electrons. The molecule has 8 heavy (non-hydrogen) atoms. The predicted octanol–water partition coefficient (Wildman–Crippen LogP) is 0.714. The molecule has 48 valence electrons. The summed E-state index contributed by atoms with van der Waals surface area (Å²) in [6, 6.07) is 0. The van der Waals surface area contributed by atoms with Crippen molar-refractivity contribution in [3.05, 3.63) is 12.3 Å². The van der Waals surface area contributed by atoms with Crippen LogP contribution in [0, 0.1) is 0 Å². The minimum Gasteiger partial charge on any atom is -0.316 e. The summed E-state index contributed by atoms with van der Waals surface area (Å²) < 4.78 is 0. The van der Waals surface area contributed by atoms with E-state index < -0.39 is 0 Å². The number of hydrogen-bond acceptors (Lipinski definition) is 2. The fourth-order valence-electron chi connectivity index (χ4n) is 0.595. The van der Waals surface area contributed by atoms with Crippen LogP contribution in [0.2, 0.25) is 0 Å². The van der Waals surface area contributed by atoms with Crippen LogP contribution < -0.4 is 0 Å². The zero-order valence-electron chi connectivity index (χ0n) is 5.16. The van der Waals surface area contributed by atoms with Crippen molar-refractivity contribution in [2.45, 2.75) is 0 Å². The molecule has 1 aliphatic rings. The van der Waals surface area contributed by atoms with Crippen molar-refractivity contribution in [2.75, 3.05) is 20.6 Å². The molecule has 1 heterocycles. The van der Waals surface area contributed by atoms with Gasteiger partial charge in [-0.15, -0.1) is 12.4 Å². The number of hydrazine groups is 1. The molecule has 0 aromatic rings. The SMILES string of the molecule is CN1C=CCN1C.Cl. The smallest absolute Gasteiger partial charge is 0.0375 e. The van der Waals surface area contributed by atoms with Gasteiger partial charge in [0.25, 0.3) is 0 Å². The number of nitrogens with zero attached hydrogens (tertiary/aromatic N) is 2. The van der Waals surface area contributed by atoms with E-state index in [9.17, 15) is 0 Å². The molecule has 1 aliphatic heterocycles. The van der Waals surface area contributed by atoms with Gasteiger partial charge in [-0.1, -0.05) is 6.08 Å². The summed E-state index contributed by atoms with van der Waals surface area (Å²) in [5, 5.41) is 4.18. The van der Waals surface area contributed by atoms with Gasteiger partial charge in [-0.2, -0.15) is 0 Å². The zero-order valence-corrected chi connectivity index (χ0v) is 5.98. The van der Waals surface area contributed by atoms with Crippen molar-refractivity contribution in [1.82, 2.24) is 10.0 Å². The summed E-state index contributed by atoms with van der Waals surface area (Å²) in [6.45, 7) is 1.05. The number of rotatable bonds is 0. The van der Waals surface area contributed by atoms with E-state index >= 15 is 0 Å². The molecule has 0 amide bonds. The maximum atomic E-state index is 2.12. The Labute approximate surface area is 56.1 Å². The van der Waals surface area contributed by atoms with E-state index in [1.54, 1.807) is 0 Å². The Morgan fingerprint density at radius 3 is 2.12 bits per heavy atom. The predicted molar refractivity (Wildman–Crippen MR) is 36.8 cm³/mol. The Hall–Kier alpha value is -0.210. The topological polar surface area (TPSA) is 6.48 Å². The fourth-order valence-corrected chi connectivity index (χ4v) is 0.595. The van der Waals surface area contributed by atoms with Crippen molar-refractivity contribution >= 4 is 12.4 Å². The Kier molecular flexibility index (Phi) is 2.87. The molecule has 0 aromatic heterocycles. The molecule has 1 rings (SSSR count). The van der Waals surface area contributed by atoms with Gasteiger partial charge in [0.05, 0.1) is 0 Å². The quantitative estimate of drug-likeness (QED) is 0.482. The second kappa shape index (κ2) is 2.95. The Morgan fingerprint density at radius 1 is 1.38 bits per heavy atom. The van der Waals surface area contributed by atoms with Crippen molar-refractivity contribution in [3.63, 3.8) is 0 Å². The summed E-state index contributed by atoms with van der Waals surface area (Å²) in [4.78, 5) is 0. The van der Waals surface area contributed by atoms with Crippen LogP contribution in [0.5, 0.6) is 0 Å². The largest absolute Gasteiger partial charge is 0.316 e. The lowest BCUT2D eigenvalue weighted by Crippen LogP contribution is -2.27. The van der Waals surface area contributed by atoms with E-state index in [1.165, 1.54) is 0 Å². The van der Waals surface area contributed by atoms with Gasteiger partial charge in [0.1, 0.15) is 0 Å². The second-order valence-corrected chi connectivity index (χ2v) is 1.80. The summed E-state index contributed by atoms with van der Waals surface area (Å²) in [5.74, 6) is 0. The molecule has 0 aliphatic carbocycles. The minimum absolute atomic E-state index is 0. The first-order chi connectivity index (χ1) is 3.30. The van der Waals surface area contributed by atoms with Gasteiger partial charge in [0, 0.05) is 26.8 Å². The molecular formula is C5H11ClN2. The van der Waals surface area contributed by atoms with Gasteiger partial charge in [-0.3, -0.25) is 0 Å². The van der Waals surface area contributed by atoms with Gasteiger partial charge in [-0.05, 0) is 0 Å². The molecule has 0 saturated carbocycles. The molecule has 0 unspecified atom stereocenters. The van der Waals surface area contributed by atoms with Gasteiger partial charge >= 0.3 is 0 Å². The van der Waals surface area contributed by atoms with E-state index in [0.717, 1.165) is 6.54 Å². The highest BCUT2D eigenvalue weighted by molar-refractivity contribution is 5.85. The van der Waals surface area contributed by atoms with Crippen LogP contribution in [-0.2, 0) is 0 Å². The van der Waals surface area contributed by atoms with Crippen LogP contribution in [0.1, 0.15) is 0 Å². The van der Waals surface area contributed by atoms with E-state index in [1.807, 2.05) is 7.05 Å². The zero-order chi connectivity index (χ0) is 5.28. The third kappa shape index (κ3) is 1.39. The molecule has 2 nitrogen and oxygen atoms in total. The van der Waals surface area contributed by atoms with Gasteiger partial charge in [0.15, 0.2) is 0 Å². The van der Waals surface area contributed by atoms with E-state index in [4.69, 9.17) is 0 Å². The standard InChI is InChI=1S/C5H10N2.ClH/c1-6-4-3-5-7(6)2;/h3-4H,5H2,1-2H3;1H. The summed E-state index contributed by atoms with van der Waals surface area (Å²) in [6.07, 6.45) is 4.18. The van der Waals surface area contributed by atoms with E-state index in [-0.39, 0.29) is 12.4 Å². The van der Waals surface area contributed by atoms with E-state index in [2.05, 4.69) is 29.3 Å². The Bertz CT molecular complexity index is 92.4. The average Bonchev–Trinajstić information content (AvgIpc) is 1.91. The van der Waals surface area contributed by atoms with Gasteiger partial charge < -0.3 is 5.01 Å². The lowest BCUT2D eigenvalue weighted by Gasteiger charge is -2.18. The number of halogens is 1. The Morgan fingerprint density at radius 2 is 2.00 bits per heavy atom. The van der Waals surface area contributed by atoms with Crippen LogP contribution in [0.3, 0.4) is 0 Å². The first kappa shape index (κ1) is 7.79. The van der Waals surface area contributed by atoms with Crippen molar-refractivity contribution in [1.29, 1.82) is 0 Å². The third-order valence-corrected chi connectivity index (χ3v) is 1.23. The number of hydrogen-bond donors (Lipinski definition) is 0. The molecule has 0 fully saturated rings. The minimum atomic E-state index is 0. The van der Waals surface area contributed by atoms with Crippen molar-refractivity contribution in [2.24, 2.45) is 0 Å². The molecule has 0 aromatic carbocycles. The highest BCUT2D eigenvalue weighted by Gasteiger charge is 2.02.